The Hall–Kier alpha value is -1.70. The fraction of sp³-hybridized carbons (Fsp3) is 0.667. The van der Waals surface area contributed by atoms with Crippen LogP contribution in [0.2, 0.25) is 0 Å². The van der Waals surface area contributed by atoms with Gasteiger partial charge in [0.15, 0.2) is 0 Å². The van der Waals surface area contributed by atoms with E-state index < -0.39 is 24.2 Å². The van der Waals surface area contributed by atoms with Gasteiger partial charge in [-0.3, -0.25) is 20.1 Å². The van der Waals surface area contributed by atoms with Gasteiger partial charge < -0.3 is 4.74 Å². The third-order valence-electron chi connectivity index (χ3n) is 4.13. The van der Waals surface area contributed by atoms with Crippen LogP contribution in [-0.2, 0) is 9.53 Å². The van der Waals surface area contributed by atoms with Gasteiger partial charge in [0.05, 0.1) is 19.0 Å². The topological polar surface area (TPSA) is 64.1 Å². The van der Waals surface area contributed by atoms with Crippen LogP contribution in [0.5, 0.6) is 0 Å². The Kier molecular flexibility index (Phi) is 5.92. The Bertz CT molecular complexity index is 504. The Balaban J connectivity index is 2.24. The number of hydrogen-bond donors (Lipinski definition) is 1. The van der Waals surface area contributed by atoms with Crippen LogP contribution in [0.25, 0.3) is 0 Å². The molecule has 1 saturated carbocycles. The molecular weight excluding hydrogens is 311 g/mol. The van der Waals surface area contributed by atoms with E-state index in [0.29, 0.717) is 12.8 Å². The number of rotatable bonds is 5. The molecule has 1 aliphatic rings. The second-order valence-corrected chi connectivity index (χ2v) is 5.67. The Labute approximate surface area is 132 Å². The van der Waals surface area contributed by atoms with Crippen LogP contribution >= 0.6 is 0 Å². The van der Waals surface area contributed by atoms with E-state index in [9.17, 15) is 18.0 Å². The quantitative estimate of drug-likeness (QED) is 0.841. The lowest BCUT2D eigenvalue weighted by atomic mass is 9.83. The van der Waals surface area contributed by atoms with Gasteiger partial charge in [-0.25, -0.2) is 0 Å². The van der Waals surface area contributed by atoms with Crippen LogP contribution in [0.1, 0.15) is 43.8 Å². The van der Waals surface area contributed by atoms with Gasteiger partial charge in [-0.05, 0) is 18.8 Å². The minimum absolute atomic E-state index is 0.169. The van der Waals surface area contributed by atoms with Gasteiger partial charge in [0, 0.05) is 12.4 Å². The molecular formula is C15H20F3N3O2. The number of methoxy groups -OCH3 is 1. The Morgan fingerprint density at radius 1 is 1.30 bits per heavy atom. The summed E-state index contributed by atoms with van der Waals surface area (Å²) in [5.74, 6) is -0.840. The Morgan fingerprint density at radius 3 is 2.52 bits per heavy atom. The second kappa shape index (κ2) is 7.72. The zero-order chi connectivity index (χ0) is 16.9. The molecule has 8 heteroatoms. The van der Waals surface area contributed by atoms with Crippen molar-refractivity contribution < 1.29 is 22.7 Å². The summed E-state index contributed by atoms with van der Waals surface area (Å²) in [6, 6.07) is -3.06. The van der Waals surface area contributed by atoms with Crippen molar-refractivity contribution in [3.8, 4) is 0 Å². The number of esters is 1. The second-order valence-electron chi connectivity index (χ2n) is 5.67. The lowest BCUT2D eigenvalue weighted by Gasteiger charge is -2.32. The molecule has 0 spiro atoms. The van der Waals surface area contributed by atoms with E-state index in [2.05, 4.69) is 15.3 Å². The van der Waals surface area contributed by atoms with Gasteiger partial charge >= 0.3 is 12.1 Å². The monoisotopic (exact) mass is 331 g/mol. The zero-order valence-electron chi connectivity index (χ0n) is 12.8. The van der Waals surface area contributed by atoms with Gasteiger partial charge in [-0.1, -0.05) is 19.3 Å². The summed E-state index contributed by atoms with van der Waals surface area (Å²) in [7, 11) is 1.19. The molecule has 1 aromatic heterocycles. The molecule has 2 rings (SSSR count). The van der Waals surface area contributed by atoms with Crippen LogP contribution in [0.3, 0.4) is 0 Å². The average molecular weight is 331 g/mol. The van der Waals surface area contributed by atoms with Crippen molar-refractivity contribution in [1.29, 1.82) is 0 Å². The highest BCUT2D eigenvalue weighted by Gasteiger charge is 2.45. The predicted octanol–water partition coefficient (Wildman–Crippen LogP) is 2.79. The van der Waals surface area contributed by atoms with E-state index in [1.54, 1.807) is 0 Å². The first-order valence-corrected chi connectivity index (χ1v) is 7.60. The van der Waals surface area contributed by atoms with Crippen molar-refractivity contribution in [2.45, 2.75) is 50.4 Å². The fourth-order valence-corrected chi connectivity index (χ4v) is 2.98. The molecule has 0 radical (unpaired) electrons. The standard InChI is InChI=1S/C15H20F3N3O2/c1-23-14(22)12(10-5-3-2-4-6-10)21-13(15(16,17)18)11-9-19-7-8-20-11/h7-10,12-13,21H,2-6H2,1H3/t12-,13?/m1/s1. The summed E-state index contributed by atoms with van der Waals surface area (Å²) < 4.78 is 45.0. The van der Waals surface area contributed by atoms with E-state index in [0.717, 1.165) is 25.5 Å². The third-order valence-corrected chi connectivity index (χ3v) is 4.13. The highest BCUT2D eigenvalue weighted by atomic mass is 19.4. The van der Waals surface area contributed by atoms with E-state index in [4.69, 9.17) is 4.74 Å². The number of nitrogens with one attached hydrogen (secondary N) is 1. The predicted molar refractivity (Wildman–Crippen MR) is 76.3 cm³/mol. The van der Waals surface area contributed by atoms with Crippen LogP contribution in [0.15, 0.2) is 18.6 Å². The van der Waals surface area contributed by atoms with Crippen LogP contribution in [0.4, 0.5) is 13.2 Å². The van der Waals surface area contributed by atoms with Crippen LogP contribution in [0, 0.1) is 5.92 Å². The number of hydrogen-bond acceptors (Lipinski definition) is 5. The first-order chi connectivity index (χ1) is 10.9. The summed E-state index contributed by atoms with van der Waals surface area (Å²) in [5.41, 5.74) is -0.260. The maximum absolute atomic E-state index is 13.4. The number of nitrogens with zero attached hydrogens (tertiary/aromatic N) is 2. The van der Waals surface area contributed by atoms with Gasteiger partial charge in [0.1, 0.15) is 12.1 Å². The van der Waals surface area contributed by atoms with Crippen molar-refractivity contribution in [2.75, 3.05) is 7.11 Å². The van der Waals surface area contributed by atoms with Crippen molar-refractivity contribution in [1.82, 2.24) is 15.3 Å². The van der Waals surface area contributed by atoms with Crippen LogP contribution < -0.4 is 5.32 Å². The molecule has 0 bridgehead atoms. The highest BCUT2D eigenvalue weighted by molar-refractivity contribution is 5.76. The van der Waals surface area contributed by atoms with Gasteiger partial charge in [-0.2, -0.15) is 13.2 Å². The smallest absolute Gasteiger partial charge is 0.409 e. The summed E-state index contributed by atoms with van der Waals surface area (Å²) in [4.78, 5) is 19.4. The molecule has 0 aromatic carbocycles. The van der Waals surface area contributed by atoms with Crippen molar-refractivity contribution >= 4 is 5.97 Å². The summed E-state index contributed by atoms with van der Waals surface area (Å²) in [6.45, 7) is 0. The molecule has 1 heterocycles. The van der Waals surface area contributed by atoms with Gasteiger partial charge in [0.2, 0.25) is 0 Å². The molecule has 1 N–H and O–H groups in total. The van der Waals surface area contributed by atoms with E-state index in [-0.39, 0.29) is 11.6 Å². The molecule has 0 aliphatic heterocycles. The molecule has 1 fully saturated rings. The molecule has 1 aliphatic carbocycles. The summed E-state index contributed by atoms with van der Waals surface area (Å²) in [5, 5.41) is 2.43. The van der Waals surface area contributed by atoms with Crippen molar-refractivity contribution in [3.63, 3.8) is 0 Å². The number of alkyl halides is 3. The van der Waals surface area contributed by atoms with Gasteiger partial charge in [-0.15, -0.1) is 0 Å². The fourth-order valence-electron chi connectivity index (χ4n) is 2.98. The molecule has 0 amide bonds. The molecule has 2 atom stereocenters. The number of aromatic nitrogens is 2. The first kappa shape index (κ1) is 17.7. The molecule has 23 heavy (non-hydrogen) atoms. The maximum atomic E-state index is 13.4. The molecule has 1 unspecified atom stereocenters. The van der Waals surface area contributed by atoms with Gasteiger partial charge in [0.25, 0.3) is 0 Å². The average Bonchev–Trinajstić information content (AvgIpc) is 2.55. The number of halogens is 3. The minimum Gasteiger partial charge on any atom is -0.468 e. The lowest BCUT2D eigenvalue weighted by molar-refractivity contribution is -0.166. The van der Waals surface area contributed by atoms with E-state index in [1.165, 1.54) is 19.5 Å². The van der Waals surface area contributed by atoms with Crippen LogP contribution in [-0.4, -0.2) is 35.3 Å². The summed E-state index contributed by atoms with van der Waals surface area (Å²) in [6.07, 6.45) is 3.23. The largest absolute Gasteiger partial charge is 0.468 e. The first-order valence-electron chi connectivity index (χ1n) is 7.60. The van der Waals surface area contributed by atoms with E-state index in [1.807, 2.05) is 0 Å². The van der Waals surface area contributed by atoms with Crippen molar-refractivity contribution in [3.05, 3.63) is 24.3 Å². The number of ether oxygens (including phenoxy) is 1. The normalized spacial score (nSPS) is 19.1. The Morgan fingerprint density at radius 2 is 2.00 bits per heavy atom. The lowest BCUT2D eigenvalue weighted by Crippen LogP contribution is -2.49. The maximum Gasteiger partial charge on any atom is 0.409 e. The van der Waals surface area contributed by atoms with Crippen molar-refractivity contribution in [2.24, 2.45) is 5.92 Å². The SMILES string of the molecule is COC(=O)[C@H](NC(c1cnccn1)C(F)(F)F)C1CCCCC1. The molecule has 128 valence electrons. The third kappa shape index (κ3) is 4.63. The summed E-state index contributed by atoms with van der Waals surface area (Å²) >= 11 is 0. The van der Waals surface area contributed by atoms with E-state index >= 15 is 0 Å². The highest BCUT2D eigenvalue weighted by Crippen LogP contribution is 2.34. The minimum atomic E-state index is -4.59. The number of carbonyl (C=O) groups excluding carboxylic acids is 1. The molecule has 5 nitrogen and oxygen atoms in total. The zero-order valence-corrected chi connectivity index (χ0v) is 12.8. The molecule has 1 aromatic rings. The number of carbonyl (C=O) groups is 1. The molecule has 0 saturated heterocycles.